The molecule has 0 saturated carbocycles. The fraction of sp³-hybridized carbons (Fsp3) is 0.154. The van der Waals surface area contributed by atoms with Crippen molar-refractivity contribution in [1.82, 2.24) is 0 Å². The Kier molecular flexibility index (Phi) is 6.71. The normalized spacial score (nSPS) is 14.6. The smallest absolute Gasteiger partial charge is 0.343 e. The van der Waals surface area contributed by atoms with Crippen LogP contribution in [0.5, 0.6) is 17.2 Å². The highest BCUT2D eigenvalue weighted by Crippen LogP contribution is 2.46. The van der Waals surface area contributed by atoms with Crippen LogP contribution in [0.1, 0.15) is 40.7 Å². The molecule has 0 saturated heterocycles. The highest BCUT2D eigenvalue weighted by atomic mass is 35.5. The van der Waals surface area contributed by atoms with Gasteiger partial charge >= 0.3 is 5.97 Å². The second-order valence-corrected chi connectivity index (χ2v) is 7.93. The Morgan fingerprint density at radius 2 is 1.97 bits per heavy atom. The molecule has 0 aliphatic carbocycles. The van der Waals surface area contributed by atoms with Gasteiger partial charge in [-0.05, 0) is 42.8 Å². The summed E-state index contributed by atoms with van der Waals surface area (Å²) >= 11 is 6.28. The fourth-order valence-electron chi connectivity index (χ4n) is 3.68. The van der Waals surface area contributed by atoms with Crippen LogP contribution in [0, 0.1) is 17.1 Å². The number of carbonyl (C=O) groups is 1. The van der Waals surface area contributed by atoms with Crippen LogP contribution in [0.25, 0.3) is 0 Å². The van der Waals surface area contributed by atoms with E-state index in [0.717, 1.165) is 6.42 Å². The van der Waals surface area contributed by atoms with E-state index in [1.165, 1.54) is 30.3 Å². The highest BCUT2D eigenvalue weighted by molar-refractivity contribution is 6.31. The van der Waals surface area contributed by atoms with Gasteiger partial charge in [0.1, 0.15) is 34.7 Å². The minimum Gasteiger partial charge on any atom is -0.494 e. The van der Waals surface area contributed by atoms with E-state index in [1.807, 2.05) is 13.0 Å². The molecule has 172 valence electrons. The maximum absolute atomic E-state index is 14.7. The second-order valence-electron chi connectivity index (χ2n) is 7.53. The van der Waals surface area contributed by atoms with Gasteiger partial charge < -0.3 is 19.9 Å². The molecule has 4 rings (SSSR count). The van der Waals surface area contributed by atoms with Gasteiger partial charge in [-0.3, -0.25) is 0 Å². The monoisotopic (exact) mass is 478 g/mol. The average molecular weight is 479 g/mol. The van der Waals surface area contributed by atoms with Gasteiger partial charge in [0, 0.05) is 22.2 Å². The van der Waals surface area contributed by atoms with Crippen LogP contribution in [-0.2, 0) is 0 Å². The minimum absolute atomic E-state index is 0.0353. The number of nitriles is 1. The summed E-state index contributed by atoms with van der Waals surface area (Å²) in [6.07, 6.45) is 0.841. The Morgan fingerprint density at radius 1 is 1.18 bits per heavy atom. The van der Waals surface area contributed by atoms with Crippen molar-refractivity contribution in [2.75, 3.05) is 6.61 Å². The molecule has 1 atom stereocenters. The van der Waals surface area contributed by atoms with Gasteiger partial charge in [0.05, 0.1) is 18.1 Å². The molecule has 0 radical (unpaired) electrons. The second kappa shape index (κ2) is 9.86. The summed E-state index contributed by atoms with van der Waals surface area (Å²) in [5, 5.41) is 9.82. The summed E-state index contributed by atoms with van der Waals surface area (Å²) in [7, 11) is 0. The third kappa shape index (κ3) is 4.54. The quantitative estimate of drug-likeness (QED) is 0.360. The Balaban J connectivity index is 1.66. The van der Waals surface area contributed by atoms with Crippen LogP contribution in [0.15, 0.2) is 72.1 Å². The lowest BCUT2D eigenvalue weighted by Crippen LogP contribution is -2.22. The number of esters is 1. The minimum atomic E-state index is -0.875. The molecule has 6 nitrogen and oxygen atoms in total. The molecule has 1 heterocycles. The van der Waals surface area contributed by atoms with E-state index in [0.29, 0.717) is 23.5 Å². The van der Waals surface area contributed by atoms with Crippen LogP contribution in [0.3, 0.4) is 0 Å². The molecule has 0 spiro atoms. The molecule has 2 N–H and O–H groups in total. The van der Waals surface area contributed by atoms with Crippen LogP contribution < -0.4 is 19.9 Å². The van der Waals surface area contributed by atoms with Gasteiger partial charge in [0.25, 0.3) is 0 Å². The predicted octanol–water partition coefficient (Wildman–Crippen LogP) is 5.71. The summed E-state index contributed by atoms with van der Waals surface area (Å²) in [6.45, 7) is 2.52. The Bertz CT molecular complexity index is 1310. The lowest BCUT2D eigenvalue weighted by molar-refractivity contribution is 0.0734. The number of benzene rings is 3. The first-order chi connectivity index (χ1) is 16.4. The maximum atomic E-state index is 14.7. The van der Waals surface area contributed by atoms with Gasteiger partial charge in [0.2, 0.25) is 5.88 Å². The van der Waals surface area contributed by atoms with Crippen molar-refractivity contribution in [2.24, 2.45) is 5.73 Å². The van der Waals surface area contributed by atoms with Crippen molar-refractivity contribution in [3.63, 3.8) is 0 Å². The molecule has 0 bridgehead atoms. The van der Waals surface area contributed by atoms with E-state index >= 15 is 0 Å². The lowest BCUT2D eigenvalue weighted by Gasteiger charge is -2.27. The lowest BCUT2D eigenvalue weighted by atomic mass is 9.83. The van der Waals surface area contributed by atoms with Crippen LogP contribution in [-0.4, -0.2) is 12.6 Å². The summed E-state index contributed by atoms with van der Waals surface area (Å²) in [4.78, 5) is 12.7. The molecule has 3 aromatic carbocycles. The average Bonchev–Trinajstić information content (AvgIpc) is 2.82. The zero-order chi connectivity index (χ0) is 24.2. The summed E-state index contributed by atoms with van der Waals surface area (Å²) < 4.78 is 31.4. The number of halogens is 2. The molecule has 1 aliphatic rings. The van der Waals surface area contributed by atoms with Crippen molar-refractivity contribution >= 4 is 17.6 Å². The molecular weight excluding hydrogens is 459 g/mol. The standard InChI is InChI=1S/C26H20ClFN2O4/c1-2-11-32-16-6-3-5-15(12-16)26(31)33-17-9-10-18-22(13-17)34-25(30)19(14-29)23(18)24-20(27)7-4-8-21(24)28/h3-10,12-13,23H,2,11,30H2,1H3. The molecular formula is C26H20ClFN2O4. The van der Waals surface area contributed by atoms with Crippen molar-refractivity contribution in [2.45, 2.75) is 19.3 Å². The number of carbonyl (C=O) groups excluding carboxylic acids is 1. The third-order valence-electron chi connectivity index (χ3n) is 5.23. The topological polar surface area (TPSA) is 94.6 Å². The highest BCUT2D eigenvalue weighted by Gasteiger charge is 2.34. The zero-order valence-electron chi connectivity index (χ0n) is 18.2. The SMILES string of the molecule is CCCOc1cccc(C(=O)Oc2ccc3c(c2)OC(N)=C(C#N)C3c2c(F)cccc2Cl)c1. The van der Waals surface area contributed by atoms with Crippen LogP contribution in [0.2, 0.25) is 5.02 Å². The Labute approximate surface area is 200 Å². The van der Waals surface area contributed by atoms with E-state index in [1.54, 1.807) is 30.3 Å². The van der Waals surface area contributed by atoms with Gasteiger partial charge in [-0.2, -0.15) is 5.26 Å². The first-order valence-electron chi connectivity index (χ1n) is 10.5. The third-order valence-corrected chi connectivity index (χ3v) is 5.56. The predicted molar refractivity (Wildman–Crippen MR) is 124 cm³/mol. The molecule has 8 heteroatoms. The first kappa shape index (κ1) is 23.1. The molecule has 0 aromatic heterocycles. The number of hydrogen-bond acceptors (Lipinski definition) is 6. The number of nitrogens with two attached hydrogens (primary N) is 1. The first-order valence-corrected chi connectivity index (χ1v) is 10.9. The number of allylic oxidation sites excluding steroid dienone is 1. The van der Waals surface area contributed by atoms with E-state index in [2.05, 4.69) is 0 Å². The van der Waals surface area contributed by atoms with Crippen LogP contribution in [0.4, 0.5) is 4.39 Å². The molecule has 1 unspecified atom stereocenters. The fourth-order valence-corrected chi connectivity index (χ4v) is 3.95. The molecule has 3 aromatic rings. The number of fused-ring (bicyclic) bond motifs is 1. The molecule has 0 fully saturated rings. The van der Waals surface area contributed by atoms with Gasteiger partial charge in [0.15, 0.2) is 0 Å². The van der Waals surface area contributed by atoms with E-state index in [-0.39, 0.29) is 33.5 Å². The summed E-state index contributed by atoms with van der Waals surface area (Å²) in [6, 6.07) is 17.5. The van der Waals surface area contributed by atoms with Gasteiger partial charge in [-0.25, -0.2) is 9.18 Å². The van der Waals surface area contributed by atoms with Crippen LogP contribution >= 0.6 is 11.6 Å². The largest absolute Gasteiger partial charge is 0.494 e. The van der Waals surface area contributed by atoms with Crippen molar-refractivity contribution in [3.05, 3.63) is 99.7 Å². The number of ether oxygens (including phenoxy) is 3. The number of hydrogen-bond donors (Lipinski definition) is 1. The zero-order valence-corrected chi connectivity index (χ0v) is 18.9. The molecule has 1 aliphatic heterocycles. The van der Waals surface area contributed by atoms with Crippen molar-refractivity contribution in [3.8, 4) is 23.3 Å². The van der Waals surface area contributed by atoms with Crippen molar-refractivity contribution < 1.29 is 23.4 Å². The molecule has 0 amide bonds. The molecule has 34 heavy (non-hydrogen) atoms. The Hall–Kier alpha value is -4.02. The van der Waals surface area contributed by atoms with Crippen molar-refractivity contribution in [1.29, 1.82) is 5.26 Å². The Morgan fingerprint density at radius 3 is 2.71 bits per heavy atom. The van der Waals surface area contributed by atoms with E-state index < -0.39 is 17.7 Å². The maximum Gasteiger partial charge on any atom is 0.343 e. The van der Waals surface area contributed by atoms with E-state index in [4.69, 9.17) is 31.5 Å². The number of rotatable bonds is 6. The van der Waals surface area contributed by atoms with E-state index in [9.17, 15) is 14.4 Å². The summed E-state index contributed by atoms with van der Waals surface area (Å²) in [5.74, 6) is -1.24. The number of nitrogens with zero attached hydrogens (tertiary/aromatic N) is 1. The van der Waals surface area contributed by atoms with Gasteiger partial charge in [-0.15, -0.1) is 0 Å². The van der Waals surface area contributed by atoms with Gasteiger partial charge in [-0.1, -0.05) is 36.7 Å². The summed E-state index contributed by atoms with van der Waals surface area (Å²) in [5.41, 5.74) is 6.91.